The number of alkyl halides is 1. The molecule has 0 aromatic heterocycles. The molecule has 1 heterocycles. The van der Waals surface area contributed by atoms with Crippen LogP contribution in [0, 0.1) is 11.8 Å². The quantitative estimate of drug-likeness (QED) is 0.714. The molecule has 0 bridgehead atoms. The first-order valence-electron chi connectivity index (χ1n) is 8.14. The molecular formula is C16H28FN. The lowest BCUT2D eigenvalue weighted by Gasteiger charge is -2.37. The lowest BCUT2D eigenvalue weighted by molar-refractivity contribution is 0.107. The molecule has 1 aliphatic heterocycles. The van der Waals surface area contributed by atoms with Crippen molar-refractivity contribution in [3.8, 4) is 0 Å². The fourth-order valence-corrected chi connectivity index (χ4v) is 4.72. The van der Waals surface area contributed by atoms with Gasteiger partial charge in [0.25, 0.3) is 0 Å². The third-order valence-electron chi connectivity index (χ3n) is 5.75. The van der Waals surface area contributed by atoms with Crippen molar-refractivity contribution in [3.05, 3.63) is 0 Å². The van der Waals surface area contributed by atoms with Crippen molar-refractivity contribution >= 4 is 0 Å². The van der Waals surface area contributed by atoms with Crippen LogP contribution in [0.25, 0.3) is 0 Å². The average Bonchev–Trinajstić information content (AvgIpc) is 2.69. The number of rotatable bonds is 2. The molecule has 1 nitrogen and oxygen atoms in total. The monoisotopic (exact) mass is 253 g/mol. The lowest BCUT2D eigenvalue weighted by atomic mass is 9.84. The maximum absolute atomic E-state index is 13.2. The van der Waals surface area contributed by atoms with E-state index in [-0.39, 0.29) is 0 Å². The average molecular weight is 253 g/mol. The van der Waals surface area contributed by atoms with Crippen molar-refractivity contribution in [2.45, 2.75) is 83.0 Å². The van der Waals surface area contributed by atoms with Crippen molar-refractivity contribution < 1.29 is 4.39 Å². The highest BCUT2D eigenvalue weighted by molar-refractivity contribution is 4.95. The highest BCUT2D eigenvalue weighted by atomic mass is 19.1. The number of nitrogens with zero attached hydrogens (tertiary/aromatic N) is 1. The van der Waals surface area contributed by atoms with Gasteiger partial charge in [0, 0.05) is 18.6 Å². The summed E-state index contributed by atoms with van der Waals surface area (Å²) in [5.41, 5.74) is 0. The van der Waals surface area contributed by atoms with Crippen molar-refractivity contribution in [2.24, 2.45) is 11.8 Å². The van der Waals surface area contributed by atoms with Crippen LogP contribution in [0.5, 0.6) is 0 Å². The van der Waals surface area contributed by atoms with Gasteiger partial charge in [-0.25, -0.2) is 4.39 Å². The van der Waals surface area contributed by atoms with E-state index < -0.39 is 6.17 Å². The molecule has 2 heteroatoms. The fourth-order valence-electron chi connectivity index (χ4n) is 4.72. The zero-order chi connectivity index (χ0) is 12.5. The first kappa shape index (κ1) is 12.9. The topological polar surface area (TPSA) is 3.24 Å². The summed E-state index contributed by atoms with van der Waals surface area (Å²) < 4.78 is 13.2. The first-order chi connectivity index (χ1) is 8.74. The Morgan fingerprint density at radius 3 is 2.50 bits per heavy atom. The van der Waals surface area contributed by atoms with Crippen LogP contribution >= 0.6 is 0 Å². The van der Waals surface area contributed by atoms with Crippen LogP contribution in [-0.4, -0.2) is 29.7 Å². The molecule has 18 heavy (non-hydrogen) atoms. The number of hydrogen-bond donors (Lipinski definition) is 0. The maximum atomic E-state index is 13.2. The molecular weight excluding hydrogens is 225 g/mol. The SMILES string of the molecule is CC1CC2CCCCC2N1CC1CCC(F)CC1. The zero-order valence-corrected chi connectivity index (χ0v) is 11.8. The van der Waals surface area contributed by atoms with Crippen LogP contribution < -0.4 is 0 Å². The molecule has 0 aromatic carbocycles. The molecule has 0 aromatic rings. The van der Waals surface area contributed by atoms with Gasteiger partial charge >= 0.3 is 0 Å². The molecule has 3 fully saturated rings. The van der Waals surface area contributed by atoms with Gasteiger partial charge in [-0.2, -0.15) is 0 Å². The van der Waals surface area contributed by atoms with E-state index in [0.717, 1.165) is 49.6 Å². The Bertz CT molecular complexity index is 272. The maximum Gasteiger partial charge on any atom is 0.100 e. The van der Waals surface area contributed by atoms with Gasteiger partial charge in [0.1, 0.15) is 6.17 Å². The molecule has 0 N–H and O–H groups in total. The van der Waals surface area contributed by atoms with Gasteiger partial charge in [-0.3, -0.25) is 4.90 Å². The summed E-state index contributed by atoms with van der Waals surface area (Å²) >= 11 is 0. The van der Waals surface area contributed by atoms with Gasteiger partial charge in [0.15, 0.2) is 0 Å². The molecule has 0 amide bonds. The van der Waals surface area contributed by atoms with E-state index in [1.54, 1.807) is 0 Å². The largest absolute Gasteiger partial charge is 0.297 e. The Balaban J connectivity index is 1.57. The minimum Gasteiger partial charge on any atom is -0.297 e. The predicted octanol–water partition coefficient (Wildman–Crippen LogP) is 4.17. The van der Waals surface area contributed by atoms with E-state index in [9.17, 15) is 4.39 Å². The minimum atomic E-state index is -0.500. The van der Waals surface area contributed by atoms with E-state index in [2.05, 4.69) is 11.8 Å². The molecule has 0 spiro atoms. The van der Waals surface area contributed by atoms with Gasteiger partial charge < -0.3 is 0 Å². The molecule has 3 aliphatic rings. The zero-order valence-electron chi connectivity index (χ0n) is 11.8. The number of likely N-dealkylation sites (tertiary alicyclic amines) is 1. The fraction of sp³-hybridized carbons (Fsp3) is 1.00. The van der Waals surface area contributed by atoms with Crippen LogP contribution in [0.15, 0.2) is 0 Å². The number of halogens is 1. The molecule has 3 rings (SSSR count). The second kappa shape index (κ2) is 5.48. The third-order valence-corrected chi connectivity index (χ3v) is 5.75. The molecule has 2 aliphatic carbocycles. The summed E-state index contributed by atoms with van der Waals surface area (Å²) in [6.45, 7) is 3.67. The Morgan fingerprint density at radius 1 is 1.00 bits per heavy atom. The Morgan fingerprint density at radius 2 is 1.72 bits per heavy atom. The predicted molar refractivity (Wildman–Crippen MR) is 73.4 cm³/mol. The summed E-state index contributed by atoms with van der Waals surface area (Å²) in [6, 6.07) is 1.65. The van der Waals surface area contributed by atoms with Crippen LogP contribution in [0.4, 0.5) is 4.39 Å². The standard InChI is InChI=1S/C16H28FN/c1-12-10-14-4-2-3-5-16(14)18(12)11-13-6-8-15(17)9-7-13/h12-16H,2-11H2,1H3. The second-order valence-electron chi connectivity index (χ2n) is 7.01. The number of hydrogen-bond acceptors (Lipinski definition) is 1. The van der Waals surface area contributed by atoms with Gasteiger partial charge in [-0.05, 0) is 63.7 Å². The molecule has 0 radical (unpaired) electrons. The van der Waals surface area contributed by atoms with Crippen LogP contribution in [0.1, 0.15) is 64.7 Å². The van der Waals surface area contributed by atoms with Crippen molar-refractivity contribution in [1.29, 1.82) is 0 Å². The van der Waals surface area contributed by atoms with Crippen LogP contribution in [0.3, 0.4) is 0 Å². The normalized spacial score (nSPS) is 46.0. The smallest absolute Gasteiger partial charge is 0.100 e. The molecule has 1 saturated heterocycles. The third kappa shape index (κ3) is 2.59. The van der Waals surface area contributed by atoms with Gasteiger partial charge in [-0.1, -0.05) is 12.8 Å². The van der Waals surface area contributed by atoms with Crippen LogP contribution in [0.2, 0.25) is 0 Å². The Hall–Kier alpha value is -0.110. The summed E-state index contributed by atoms with van der Waals surface area (Å²) in [5.74, 6) is 1.76. The first-order valence-corrected chi connectivity index (χ1v) is 8.14. The lowest BCUT2D eigenvalue weighted by Crippen LogP contribution is -2.41. The second-order valence-corrected chi connectivity index (χ2v) is 7.01. The summed E-state index contributed by atoms with van der Waals surface area (Å²) in [7, 11) is 0. The van der Waals surface area contributed by atoms with E-state index in [1.807, 2.05) is 0 Å². The molecule has 2 saturated carbocycles. The highest BCUT2D eigenvalue weighted by Gasteiger charge is 2.40. The van der Waals surface area contributed by atoms with Crippen LogP contribution in [-0.2, 0) is 0 Å². The molecule has 3 atom stereocenters. The van der Waals surface area contributed by atoms with Crippen molar-refractivity contribution in [2.75, 3.05) is 6.54 Å². The van der Waals surface area contributed by atoms with Gasteiger partial charge in [0.2, 0.25) is 0 Å². The highest BCUT2D eigenvalue weighted by Crippen LogP contribution is 2.40. The number of fused-ring (bicyclic) bond motifs is 1. The summed E-state index contributed by atoms with van der Waals surface area (Å²) in [6.07, 6.45) is 10.6. The van der Waals surface area contributed by atoms with E-state index in [0.29, 0.717) is 0 Å². The van der Waals surface area contributed by atoms with Gasteiger partial charge in [-0.15, -0.1) is 0 Å². The summed E-state index contributed by atoms with van der Waals surface area (Å²) in [4.78, 5) is 2.80. The van der Waals surface area contributed by atoms with Crippen molar-refractivity contribution in [1.82, 2.24) is 4.90 Å². The van der Waals surface area contributed by atoms with E-state index in [4.69, 9.17) is 0 Å². The van der Waals surface area contributed by atoms with E-state index >= 15 is 0 Å². The van der Waals surface area contributed by atoms with Gasteiger partial charge in [0.05, 0.1) is 0 Å². The molecule has 3 unspecified atom stereocenters. The Kier molecular flexibility index (Phi) is 3.93. The molecule has 104 valence electrons. The van der Waals surface area contributed by atoms with E-state index in [1.165, 1.54) is 38.6 Å². The summed E-state index contributed by atoms with van der Waals surface area (Å²) in [5, 5.41) is 0. The minimum absolute atomic E-state index is 0.500. The Labute approximate surface area is 111 Å². The van der Waals surface area contributed by atoms with Crippen molar-refractivity contribution in [3.63, 3.8) is 0 Å².